The lowest BCUT2D eigenvalue weighted by Crippen LogP contribution is -2.54. The molecule has 0 radical (unpaired) electrons. The van der Waals surface area contributed by atoms with Crippen molar-refractivity contribution in [3.63, 3.8) is 0 Å². The van der Waals surface area contributed by atoms with Crippen LogP contribution in [-0.4, -0.2) is 43.8 Å². The van der Waals surface area contributed by atoms with E-state index in [0.29, 0.717) is 27.6 Å². The molecule has 0 bridgehead atoms. The van der Waals surface area contributed by atoms with Crippen molar-refractivity contribution in [1.82, 2.24) is 10.2 Å². The van der Waals surface area contributed by atoms with Crippen molar-refractivity contribution in [1.29, 1.82) is 0 Å². The van der Waals surface area contributed by atoms with Crippen LogP contribution < -0.4 is 9.62 Å². The number of anilines is 1. The van der Waals surface area contributed by atoms with Gasteiger partial charge in [0.25, 0.3) is 10.0 Å². The van der Waals surface area contributed by atoms with Crippen LogP contribution in [0.5, 0.6) is 0 Å². The first kappa shape index (κ1) is 31.9. The molecule has 3 aromatic carbocycles. The molecule has 0 aliphatic heterocycles. The molecule has 0 heterocycles. The lowest BCUT2D eigenvalue weighted by atomic mass is 9.95. The van der Waals surface area contributed by atoms with Crippen molar-refractivity contribution < 1.29 is 18.0 Å². The predicted octanol–water partition coefficient (Wildman–Crippen LogP) is 6.75. The number of rotatable bonds is 11. The van der Waals surface area contributed by atoms with Gasteiger partial charge in [0.1, 0.15) is 12.6 Å². The summed E-state index contributed by atoms with van der Waals surface area (Å²) in [7, 11) is -4.18. The normalized spacial score (nSPS) is 14.7. The van der Waals surface area contributed by atoms with Crippen LogP contribution in [0.1, 0.15) is 56.6 Å². The minimum atomic E-state index is -4.18. The van der Waals surface area contributed by atoms with Crippen molar-refractivity contribution in [3.05, 3.63) is 94.0 Å². The Bertz CT molecular complexity index is 1490. The van der Waals surface area contributed by atoms with Gasteiger partial charge in [-0.3, -0.25) is 13.9 Å². The highest BCUT2D eigenvalue weighted by atomic mass is 35.5. The smallest absolute Gasteiger partial charge is 0.264 e. The molecular formula is C32H37Cl2N3O4S. The Hall–Kier alpha value is -3.07. The number of amides is 2. The number of benzene rings is 3. The standard InChI is InChI=1S/C32H37Cl2N3O4S/c1-3-29(32(39)35-25-14-6-4-7-15-25)36(21-24-13-10-11-18-28(24)34)31(38)22-37(30-20-12-19-27(33)23(30)2)42(40,41)26-16-8-5-9-17-26/h5,8-13,16-20,25,29H,3-4,6-7,14-15,21-22H2,1-2H3,(H,35,39). The van der Waals surface area contributed by atoms with Gasteiger partial charge in [0.15, 0.2) is 0 Å². The van der Waals surface area contributed by atoms with Gasteiger partial charge in [0.05, 0.1) is 10.6 Å². The highest BCUT2D eigenvalue weighted by Crippen LogP contribution is 2.31. The number of hydrogen-bond acceptors (Lipinski definition) is 4. The molecule has 1 fully saturated rings. The second kappa shape index (κ2) is 14.4. The number of hydrogen-bond donors (Lipinski definition) is 1. The van der Waals surface area contributed by atoms with Crippen LogP contribution in [0.15, 0.2) is 77.7 Å². The summed E-state index contributed by atoms with van der Waals surface area (Å²) in [5.74, 6) is -0.777. The fourth-order valence-corrected chi connectivity index (χ4v) is 7.23. The van der Waals surface area contributed by atoms with Crippen LogP contribution in [0.25, 0.3) is 0 Å². The van der Waals surface area contributed by atoms with Gasteiger partial charge in [-0.2, -0.15) is 0 Å². The maximum Gasteiger partial charge on any atom is 0.264 e. The fraction of sp³-hybridized carbons (Fsp3) is 0.375. The Balaban J connectivity index is 1.74. The number of halogens is 2. The molecule has 4 rings (SSSR count). The van der Waals surface area contributed by atoms with Crippen LogP contribution in [0, 0.1) is 6.92 Å². The highest BCUT2D eigenvalue weighted by Gasteiger charge is 2.35. The van der Waals surface area contributed by atoms with Gasteiger partial charge in [-0.05, 0) is 67.6 Å². The Morgan fingerprint density at radius 2 is 1.55 bits per heavy atom. The van der Waals surface area contributed by atoms with Crippen LogP contribution in [0.3, 0.4) is 0 Å². The van der Waals surface area contributed by atoms with Gasteiger partial charge in [0.2, 0.25) is 11.8 Å². The van der Waals surface area contributed by atoms with Crippen molar-refractivity contribution in [2.45, 2.75) is 75.9 Å². The van der Waals surface area contributed by atoms with E-state index in [4.69, 9.17) is 23.2 Å². The summed E-state index contributed by atoms with van der Waals surface area (Å²) in [6.45, 7) is 3.07. The van der Waals surface area contributed by atoms with E-state index < -0.39 is 28.5 Å². The molecule has 42 heavy (non-hydrogen) atoms. The van der Waals surface area contributed by atoms with Gasteiger partial charge in [0, 0.05) is 22.6 Å². The number of carbonyl (C=O) groups excluding carboxylic acids is 2. The highest BCUT2D eigenvalue weighted by molar-refractivity contribution is 7.92. The Morgan fingerprint density at radius 3 is 2.21 bits per heavy atom. The van der Waals surface area contributed by atoms with Crippen LogP contribution in [0.4, 0.5) is 5.69 Å². The largest absolute Gasteiger partial charge is 0.352 e. The molecule has 7 nitrogen and oxygen atoms in total. The topological polar surface area (TPSA) is 86.8 Å². The van der Waals surface area contributed by atoms with Crippen LogP contribution >= 0.6 is 23.2 Å². The van der Waals surface area contributed by atoms with Gasteiger partial charge >= 0.3 is 0 Å². The molecule has 3 aromatic rings. The maximum absolute atomic E-state index is 14.3. The van der Waals surface area contributed by atoms with E-state index in [0.717, 1.165) is 36.4 Å². The van der Waals surface area contributed by atoms with E-state index in [2.05, 4.69) is 5.32 Å². The molecule has 10 heteroatoms. The van der Waals surface area contributed by atoms with Crippen molar-refractivity contribution in [2.75, 3.05) is 10.8 Å². The lowest BCUT2D eigenvalue weighted by molar-refractivity contribution is -0.140. The first-order valence-electron chi connectivity index (χ1n) is 14.3. The second-order valence-corrected chi connectivity index (χ2v) is 13.3. The minimum Gasteiger partial charge on any atom is -0.352 e. The van der Waals surface area contributed by atoms with Crippen LogP contribution in [0.2, 0.25) is 10.0 Å². The average molecular weight is 631 g/mol. The quantitative estimate of drug-likeness (QED) is 0.254. The van der Waals surface area contributed by atoms with Gasteiger partial charge < -0.3 is 10.2 Å². The third kappa shape index (κ3) is 7.46. The molecule has 0 spiro atoms. The summed E-state index contributed by atoms with van der Waals surface area (Å²) in [5, 5.41) is 3.98. The fourth-order valence-electron chi connectivity index (χ4n) is 5.37. The zero-order valence-corrected chi connectivity index (χ0v) is 26.3. The monoisotopic (exact) mass is 629 g/mol. The molecule has 1 aliphatic rings. The molecule has 224 valence electrons. The first-order valence-corrected chi connectivity index (χ1v) is 16.5. The van der Waals surface area contributed by atoms with Crippen LogP contribution in [-0.2, 0) is 26.2 Å². The van der Waals surface area contributed by atoms with E-state index in [-0.39, 0.29) is 29.1 Å². The third-order valence-corrected chi connectivity index (χ3v) is 10.3. The molecule has 1 aliphatic carbocycles. The average Bonchev–Trinajstić information content (AvgIpc) is 2.99. The summed E-state index contributed by atoms with van der Waals surface area (Å²) in [6.07, 6.45) is 5.39. The third-order valence-electron chi connectivity index (χ3n) is 7.75. The summed E-state index contributed by atoms with van der Waals surface area (Å²) in [4.78, 5) is 29.4. The molecule has 0 saturated heterocycles. The number of nitrogens with zero attached hydrogens (tertiary/aromatic N) is 2. The van der Waals surface area contributed by atoms with Crippen molar-refractivity contribution in [3.8, 4) is 0 Å². The number of sulfonamides is 1. The van der Waals surface area contributed by atoms with Crippen molar-refractivity contribution >= 4 is 50.7 Å². The van der Waals surface area contributed by atoms with E-state index >= 15 is 0 Å². The number of carbonyl (C=O) groups is 2. The Kier molecular flexibility index (Phi) is 10.9. The van der Waals surface area contributed by atoms with Gasteiger partial charge in [-0.1, -0.05) is 91.9 Å². The molecule has 0 aromatic heterocycles. The summed E-state index contributed by atoms with van der Waals surface area (Å²) in [5.41, 5.74) is 1.47. The summed E-state index contributed by atoms with van der Waals surface area (Å²) < 4.78 is 29.1. The SMILES string of the molecule is CCC(C(=O)NC1CCCCC1)N(Cc1ccccc1Cl)C(=O)CN(c1cccc(Cl)c1C)S(=O)(=O)c1ccccc1. The van der Waals surface area contributed by atoms with E-state index in [9.17, 15) is 18.0 Å². The Labute approximate surface area is 258 Å². The molecule has 1 atom stereocenters. The molecule has 1 saturated carbocycles. The predicted molar refractivity (Wildman–Crippen MR) is 168 cm³/mol. The maximum atomic E-state index is 14.3. The van der Waals surface area contributed by atoms with E-state index in [1.807, 2.05) is 13.0 Å². The first-order chi connectivity index (χ1) is 20.1. The lowest BCUT2D eigenvalue weighted by Gasteiger charge is -2.35. The molecule has 2 amide bonds. The second-order valence-electron chi connectivity index (χ2n) is 10.6. The zero-order valence-electron chi connectivity index (χ0n) is 23.9. The molecule has 1 unspecified atom stereocenters. The molecular weight excluding hydrogens is 593 g/mol. The molecule has 1 N–H and O–H groups in total. The minimum absolute atomic E-state index is 0.0388. The summed E-state index contributed by atoms with van der Waals surface area (Å²) in [6, 6.07) is 19.3. The van der Waals surface area contributed by atoms with Gasteiger partial charge in [-0.25, -0.2) is 8.42 Å². The van der Waals surface area contributed by atoms with E-state index in [1.165, 1.54) is 17.0 Å². The Morgan fingerprint density at radius 1 is 0.905 bits per heavy atom. The van der Waals surface area contributed by atoms with E-state index in [1.54, 1.807) is 61.5 Å². The summed E-state index contributed by atoms with van der Waals surface area (Å²) >= 11 is 12.9. The van der Waals surface area contributed by atoms with Gasteiger partial charge in [-0.15, -0.1) is 0 Å². The zero-order chi connectivity index (χ0) is 30.3. The number of nitrogens with one attached hydrogen (secondary N) is 1. The van der Waals surface area contributed by atoms with Crippen molar-refractivity contribution in [2.24, 2.45) is 0 Å².